The van der Waals surface area contributed by atoms with Gasteiger partial charge in [0.1, 0.15) is 12.4 Å². The van der Waals surface area contributed by atoms with Gasteiger partial charge in [-0.3, -0.25) is 4.90 Å². The van der Waals surface area contributed by atoms with E-state index in [0.29, 0.717) is 12.1 Å². The summed E-state index contributed by atoms with van der Waals surface area (Å²) in [4.78, 5) is 2.50. The van der Waals surface area contributed by atoms with Crippen LogP contribution in [0.2, 0.25) is 0 Å². The molecule has 2 atom stereocenters. The summed E-state index contributed by atoms with van der Waals surface area (Å²) in [6, 6.07) is 9.00. The van der Waals surface area contributed by atoms with Gasteiger partial charge < -0.3 is 14.8 Å². The zero-order chi connectivity index (χ0) is 14.2. The first kappa shape index (κ1) is 13.9. The number of hydrogen-bond acceptors (Lipinski definition) is 4. The molecule has 1 fully saturated rings. The van der Waals surface area contributed by atoms with Crippen LogP contribution in [0.4, 0.5) is 0 Å². The topological polar surface area (TPSA) is 33.7 Å². The van der Waals surface area contributed by atoms with Crippen molar-refractivity contribution in [3.63, 3.8) is 0 Å². The van der Waals surface area contributed by atoms with Gasteiger partial charge in [0, 0.05) is 18.7 Å². The molecule has 0 aromatic heterocycles. The van der Waals surface area contributed by atoms with Crippen molar-refractivity contribution in [2.24, 2.45) is 0 Å². The number of hydrogen-bond donors (Lipinski definition) is 1. The highest BCUT2D eigenvalue weighted by molar-refractivity contribution is 5.38. The third-order valence-corrected chi connectivity index (χ3v) is 4.28. The van der Waals surface area contributed by atoms with E-state index in [1.54, 1.807) is 0 Å². The molecule has 2 aliphatic rings. The van der Waals surface area contributed by atoms with E-state index in [1.807, 2.05) is 13.1 Å². The number of likely N-dealkylation sites (N-methyl/N-ethyl adjacent to an activating group) is 1. The zero-order valence-corrected chi connectivity index (χ0v) is 12.6. The Labute approximate surface area is 121 Å². The molecule has 4 nitrogen and oxygen atoms in total. The molecule has 4 heteroatoms. The van der Waals surface area contributed by atoms with Gasteiger partial charge >= 0.3 is 0 Å². The zero-order valence-electron chi connectivity index (χ0n) is 12.6. The average Bonchev–Trinajstić information content (AvgIpc) is 2.45. The smallest absolute Gasteiger partial charge is 0.124 e. The van der Waals surface area contributed by atoms with E-state index in [2.05, 4.69) is 42.3 Å². The normalized spacial score (nSPS) is 29.6. The average molecular weight is 276 g/mol. The molecule has 1 aromatic carbocycles. The third kappa shape index (κ3) is 2.55. The first-order valence-electron chi connectivity index (χ1n) is 7.38. The quantitative estimate of drug-likeness (QED) is 0.893. The van der Waals surface area contributed by atoms with E-state index in [9.17, 15) is 0 Å². The molecule has 2 aliphatic heterocycles. The molecular weight excluding hydrogens is 252 g/mol. The maximum absolute atomic E-state index is 5.97. The second-order valence-electron chi connectivity index (χ2n) is 6.26. The highest BCUT2D eigenvalue weighted by atomic mass is 16.5. The Hall–Kier alpha value is -1.10. The fourth-order valence-electron chi connectivity index (χ4n) is 3.35. The molecule has 0 aliphatic carbocycles. The number of nitrogens with one attached hydrogen (secondary N) is 1. The minimum Gasteiger partial charge on any atom is -0.492 e. The molecule has 2 heterocycles. The lowest BCUT2D eigenvalue weighted by Crippen LogP contribution is -2.57. The molecule has 3 rings (SSSR count). The van der Waals surface area contributed by atoms with Crippen molar-refractivity contribution in [3.8, 4) is 5.75 Å². The highest BCUT2D eigenvalue weighted by Gasteiger charge is 2.38. The molecule has 0 bridgehead atoms. The van der Waals surface area contributed by atoms with Crippen LogP contribution in [0, 0.1) is 0 Å². The molecule has 110 valence electrons. The fourth-order valence-corrected chi connectivity index (χ4v) is 3.35. The minimum absolute atomic E-state index is 0.0759. The van der Waals surface area contributed by atoms with Crippen LogP contribution in [-0.2, 0) is 4.74 Å². The van der Waals surface area contributed by atoms with E-state index in [1.165, 1.54) is 5.56 Å². The van der Waals surface area contributed by atoms with Crippen LogP contribution in [0.15, 0.2) is 24.3 Å². The molecule has 0 amide bonds. The lowest BCUT2D eigenvalue weighted by atomic mass is 9.93. The summed E-state index contributed by atoms with van der Waals surface area (Å²) in [5.41, 5.74) is 1.18. The maximum Gasteiger partial charge on any atom is 0.124 e. The van der Waals surface area contributed by atoms with Crippen LogP contribution >= 0.6 is 0 Å². The van der Waals surface area contributed by atoms with Gasteiger partial charge in [-0.1, -0.05) is 18.2 Å². The van der Waals surface area contributed by atoms with Gasteiger partial charge in [-0.05, 0) is 27.0 Å². The molecule has 20 heavy (non-hydrogen) atoms. The van der Waals surface area contributed by atoms with Crippen LogP contribution in [0.1, 0.15) is 25.5 Å². The predicted octanol–water partition coefficient (Wildman–Crippen LogP) is 1.82. The van der Waals surface area contributed by atoms with E-state index < -0.39 is 0 Å². The summed E-state index contributed by atoms with van der Waals surface area (Å²) in [5, 5.41) is 3.47. The van der Waals surface area contributed by atoms with Crippen molar-refractivity contribution < 1.29 is 9.47 Å². The van der Waals surface area contributed by atoms with Crippen LogP contribution in [0.5, 0.6) is 5.75 Å². The summed E-state index contributed by atoms with van der Waals surface area (Å²) < 4.78 is 11.8. The van der Waals surface area contributed by atoms with E-state index in [-0.39, 0.29) is 5.60 Å². The summed E-state index contributed by atoms with van der Waals surface area (Å²) in [7, 11) is 2.03. The number of fused-ring (bicyclic) bond motifs is 1. The number of para-hydroxylation sites is 1. The molecule has 0 radical (unpaired) electrons. The number of ether oxygens (including phenoxy) is 2. The molecule has 0 spiro atoms. The lowest BCUT2D eigenvalue weighted by molar-refractivity contribution is -0.106. The van der Waals surface area contributed by atoms with Crippen molar-refractivity contribution in [2.45, 2.75) is 31.5 Å². The minimum atomic E-state index is -0.0759. The Morgan fingerprint density at radius 3 is 2.85 bits per heavy atom. The molecule has 0 saturated carbocycles. The summed E-state index contributed by atoms with van der Waals surface area (Å²) in [6.45, 7) is 7.76. The number of morpholine rings is 1. The summed E-state index contributed by atoms with van der Waals surface area (Å²) >= 11 is 0. The SMILES string of the molecule is CNC1c2ccccc2OCC1N1CCOC(C)(C)C1. The van der Waals surface area contributed by atoms with Crippen molar-refractivity contribution in [3.05, 3.63) is 29.8 Å². The predicted molar refractivity (Wildman–Crippen MR) is 79.1 cm³/mol. The van der Waals surface area contributed by atoms with Crippen LogP contribution < -0.4 is 10.1 Å². The number of benzene rings is 1. The Kier molecular flexibility index (Phi) is 3.71. The monoisotopic (exact) mass is 276 g/mol. The van der Waals surface area contributed by atoms with Gasteiger partial charge in [0.2, 0.25) is 0 Å². The van der Waals surface area contributed by atoms with Crippen LogP contribution in [-0.4, -0.2) is 49.9 Å². The number of nitrogens with zero attached hydrogens (tertiary/aromatic N) is 1. The van der Waals surface area contributed by atoms with Crippen molar-refractivity contribution in [1.29, 1.82) is 0 Å². The van der Waals surface area contributed by atoms with Gasteiger partial charge in [-0.15, -0.1) is 0 Å². The van der Waals surface area contributed by atoms with Gasteiger partial charge in [0.05, 0.1) is 24.3 Å². The Morgan fingerprint density at radius 1 is 1.30 bits per heavy atom. The van der Waals surface area contributed by atoms with Gasteiger partial charge in [-0.25, -0.2) is 0 Å². The molecule has 1 N–H and O–H groups in total. The van der Waals surface area contributed by atoms with Crippen LogP contribution in [0.25, 0.3) is 0 Å². The molecule has 2 unspecified atom stereocenters. The maximum atomic E-state index is 5.97. The van der Waals surface area contributed by atoms with Gasteiger partial charge in [0.25, 0.3) is 0 Å². The van der Waals surface area contributed by atoms with Crippen molar-refractivity contribution in [2.75, 3.05) is 33.4 Å². The molecule has 1 saturated heterocycles. The Balaban J connectivity index is 1.84. The van der Waals surface area contributed by atoms with E-state index in [4.69, 9.17) is 9.47 Å². The summed E-state index contributed by atoms with van der Waals surface area (Å²) in [5.74, 6) is 1.01. The standard InChI is InChI=1S/C16H24N2O2/c1-16(2)11-18(8-9-20-16)13-10-19-14-7-5-4-6-12(14)15(13)17-3/h4-7,13,15,17H,8-11H2,1-3H3. The van der Waals surface area contributed by atoms with E-state index in [0.717, 1.165) is 32.1 Å². The number of rotatable bonds is 2. The Bertz CT molecular complexity index is 475. The first-order valence-corrected chi connectivity index (χ1v) is 7.38. The Morgan fingerprint density at radius 2 is 2.10 bits per heavy atom. The molecule has 1 aromatic rings. The lowest BCUT2D eigenvalue weighted by Gasteiger charge is -2.46. The first-order chi connectivity index (χ1) is 9.61. The largest absolute Gasteiger partial charge is 0.492 e. The van der Waals surface area contributed by atoms with Gasteiger partial charge in [-0.2, -0.15) is 0 Å². The highest BCUT2D eigenvalue weighted by Crippen LogP contribution is 2.35. The van der Waals surface area contributed by atoms with Crippen LogP contribution in [0.3, 0.4) is 0 Å². The third-order valence-electron chi connectivity index (χ3n) is 4.28. The fraction of sp³-hybridized carbons (Fsp3) is 0.625. The van der Waals surface area contributed by atoms with Crippen molar-refractivity contribution in [1.82, 2.24) is 10.2 Å². The van der Waals surface area contributed by atoms with E-state index >= 15 is 0 Å². The second-order valence-corrected chi connectivity index (χ2v) is 6.26. The molecular formula is C16H24N2O2. The van der Waals surface area contributed by atoms with Gasteiger partial charge in [0.15, 0.2) is 0 Å². The summed E-state index contributed by atoms with van der Waals surface area (Å²) in [6.07, 6.45) is 0. The second kappa shape index (κ2) is 5.35. The van der Waals surface area contributed by atoms with Crippen molar-refractivity contribution >= 4 is 0 Å².